The van der Waals surface area contributed by atoms with Crippen LogP contribution >= 0.6 is 0 Å². The Balaban J connectivity index is 2.95. The van der Waals surface area contributed by atoms with E-state index in [0.717, 1.165) is 39.1 Å². The monoisotopic (exact) mass is 965 g/mol. The van der Waals surface area contributed by atoms with E-state index in [4.69, 9.17) is 58.1 Å². The molecule has 0 saturated carbocycles. The molecular formula is C47H83NO12Si4. The van der Waals surface area contributed by atoms with Crippen LogP contribution in [0.25, 0.3) is 12.2 Å². The van der Waals surface area contributed by atoms with Crippen LogP contribution in [-0.4, -0.2) is 120 Å². The van der Waals surface area contributed by atoms with Crippen LogP contribution in [0.1, 0.15) is 123 Å². The first-order valence-corrected chi connectivity index (χ1v) is 31.2. The van der Waals surface area contributed by atoms with Crippen LogP contribution in [0.5, 0.6) is 0 Å². The van der Waals surface area contributed by atoms with E-state index < -0.39 is 35.2 Å². The van der Waals surface area contributed by atoms with Gasteiger partial charge in [0.25, 0.3) is 0 Å². The average molecular weight is 967 g/mol. The van der Waals surface area contributed by atoms with E-state index in [1.807, 2.05) is 101 Å². The molecule has 2 aromatic carbocycles. The summed E-state index contributed by atoms with van der Waals surface area (Å²) in [5, 5.41) is 0. The fourth-order valence-corrected chi connectivity index (χ4v) is 17.1. The van der Waals surface area contributed by atoms with Gasteiger partial charge in [-0.15, -0.1) is 0 Å². The maximum atomic E-state index is 6.31. The summed E-state index contributed by atoms with van der Waals surface area (Å²) < 4.78 is 75.2. The summed E-state index contributed by atoms with van der Waals surface area (Å²) in [7, 11) is -12.2. The Hall–Kier alpha value is -2.02. The molecule has 364 valence electrons. The molecule has 0 bridgehead atoms. The largest absolute Gasteiger partial charge is 0.529 e. The second-order valence-electron chi connectivity index (χ2n) is 14.2. The fourth-order valence-electron chi connectivity index (χ4n) is 7.64. The summed E-state index contributed by atoms with van der Waals surface area (Å²) in [6.45, 7) is 32.0. The van der Waals surface area contributed by atoms with Crippen molar-refractivity contribution in [2.75, 3.05) is 79.3 Å². The smallest absolute Gasteiger partial charge is 0.374 e. The molecule has 64 heavy (non-hydrogen) atoms. The van der Waals surface area contributed by atoms with Crippen LogP contribution in [0.3, 0.4) is 0 Å². The molecule has 0 fully saturated rings. The lowest BCUT2D eigenvalue weighted by molar-refractivity contribution is 0.0707. The highest BCUT2D eigenvalue weighted by atomic mass is 28.4. The predicted octanol–water partition coefficient (Wildman–Crippen LogP) is 10.1. The third-order valence-corrected chi connectivity index (χ3v) is 21.3. The summed E-state index contributed by atoms with van der Waals surface area (Å²) in [5.74, 6) is 0. The third-order valence-electron chi connectivity index (χ3n) is 9.92. The molecule has 0 N–H and O–H groups in total. The number of rotatable bonds is 37. The van der Waals surface area contributed by atoms with Crippen LogP contribution in [0.2, 0.25) is 12.1 Å². The highest BCUT2D eigenvalue weighted by molar-refractivity contribution is 6.67. The minimum Gasteiger partial charge on any atom is -0.374 e. The van der Waals surface area contributed by atoms with Gasteiger partial charge in [-0.2, -0.15) is 0 Å². The predicted molar refractivity (Wildman–Crippen MR) is 266 cm³/mol. The van der Waals surface area contributed by atoms with E-state index in [-0.39, 0.29) is 0 Å². The molecule has 2 rings (SSSR count). The number of aryl methyl sites for hydroxylation is 2. The van der Waals surface area contributed by atoms with Gasteiger partial charge in [0.15, 0.2) is 0 Å². The third kappa shape index (κ3) is 18.2. The quantitative estimate of drug-likeness (QED) is 0.0473. The molecule has 0 aliphatic carbocycles. The van der Waals surface area contributed by atoms with E-state index in [1.165, 1.54) is 0 Å². The summed E-state index contributed by atoms with van der Waals surface area (Å²) in [5.41, 5.74) is 11.1. The van der Waals surface area contributed by atoms with Crippen molar-refractivity contribution in [1.29, 1.82) is 0 Å². The van der Waals surface area contributed by atoms with Crippen molar-refractivity contribution in [2.24, 2.45) is 4.99 Å². The zero-order chi connectivity index (χ0) is 47.3. The molecular weight excluding hydrogens is 883 g/mol. The number of aliphatic imine (C=N–C) groups is 1. The van der Waals surface area contributed by atoms with Crippen molar-refractivity contribution in [3.8, 4) is 0 Å². The highest BCUT2D eigenvalue weighted by Gasteiger charge is 2.42. The van der Waals surface area contributed by atoms with Gasteiger partial charge in [-0.25, -0.2) is 0 Å². The molecule has 0 unspecified atom stereocenters. The number of hydrogen-bond acceptors (Lipinski definition) is 13. The lowest BCUT2D eigenvalue weighted by Crippen LogP contribution is -2.46. The van der Waals surface area contributed by atoms with Crippen LogP contribution in [0.4, 0.5) is 0 Å². The van der Waals surface area contributed by atoms with E-state index in [2.05, 4.69) is 49.4 Å². The van der Waals surface area contributed by atoms with Crippen molar-refractivity contribution in [2.45, 2.75) is 121 Å². The fraction of sp³-hybridized carbons (Fsp3) is 0.638. The molecule has 0 spiro atoms. The zero-order valence-corrected chi connectivity index (χ0v) is 45.6. The summed E-state index contributed by atoms with van der Waals surface area (Å²) >= 11 is 0. The van der Waals surface area contributed by atoms with Crippen LogP contribution < -0.4 is 0 Å². The molecule has 0 aromatic heterocycles. The molecule has 0 saturated heterocycles. The Morgan fingerprint density at radius 3 is 1.03 bits per heavy atom. The first-order valence-electron chi connectivity index (χ1n) is 23.8. The Labute approximate surface area is 391 Å². The van der Waals surface area contributed by atoms with E-state index in [0.29, 0.717) is 111 Å². The van der Waals surface area contributed by atoms with Gasteiger partial charge < -0.3 is 53.1 Å². The maximum absolute atomic E-state index is 6.31. The molecule has 2 aromatic rings. The molecule has 0 aliphatic heterocycles. The molecule has 0 atom stereocenters. The lowest BCUT2D eigenvalue weighted by Gasteiger charge is -2.29. The first kappa shape index (κ1) is 58.1. The van der Waals surface area contributed by atoms with Crippen molar-refractivity contribution >= 4 is 53.1 Å². The van der Waals surface area contributed by atoms with Crippen molar-refractivity contribution in [3.05, 3.63) is 81.2 Å². The standard InChI is InChI=1S/C47H83NO12Si4/c1-14-49-61(50-15-2,51-16-3)36-32-42-28-26-29-43(33-37-62(52-17-4,53-18-5)54-19-6)46(42)40-48-41(13)47-44(34-38-63(55-20-7,56-21-8)57-22-9)30-27-31-45(47)35-39-64(58-23-10,59-24-11)60-25-12/h26-33,36-37H,14-25,34-35,38-40H2,1-13H3/b36-32+,37-33+,48-41?. The van der Waals surface area contributed by atoms with Gasteiger partial charge in [0.05, 0.1) is 6.54 Å². The van der Waals surface area contributed by atoms with E-state index in [9.17, 15) is 0 Å². The lowest BCUT2D eigenvalue weighted by atomic mass is 9.94. The first-order chi connectivity index (χ1) is 31.0. The summed E-state index contributed by atoms with van der Waals surface area (Å²) in [6, 6.07) is 14.0. The second kappa shape index (κ2) is 31.9. The minimum absolute atomic E-state index is 0.365. The highest BCUT2D eigenvalue weighted by Crippen LogP contribution is 2.29. The Morgan fingerprint density at radius 2 is 0.734 bits per heavy atom. The van der Waals surface area contributed by atoms with Crippen LogP contribution in [0.15, 0.2) is 52.8 Å². The van der Waals surface area contributed by atoms with Crippen molar-refractivity contribution < 1.29 is 53.1 Å². The molecule has 13 nitrogen and oxygen atoms in total. The van der Waals surface area contributed by atoms with Gasteiger partial charge in [0, 0.05) is 103 Å². The van der Waals surface area contributed by atoms with Crippen molar-refractivity contribution in [1.82, 2.24) is 0 Å². The molecule has 0 amide bonds. The molecule has 0 aliphatic rings. The van der Waals surface area contributed by atoms with Gasteiger partial charge in [-0.3, -0.25) is 4.99 Å². The van der Waals surface area contributed by atoms with Crippen LogP contribution in [0, 0.1) is 0 Å². The van der Waals surface area contributed by atoms with Gasteiger partial charge >= 0.3 is 35.2 Å². The number of benzene rings is 2. The van der Waals surface area contributed by atoms with Gasteiger partial charge in [-0.1, -0.05) is 48.6 Å². The number of nitrogens with zero attached hydrogens (tertiary/aromatic N) is 1. The number of hydrogen-bond donors (Lipinski definition) is 0. The van der Waals surface area contributed by atoms with Crippen molar-refractivity contribution in [3.63, 3.8) is 0 Å². The van der Waals surface area contributed by atoms with E-state index >= 15 is 0 Å². The molecule has 0 radical (unpaired) electrons. The Morgan fingerprint density at radius 1 is 0.438 bits per heavy atom. The zero-order valence-electron chi connectivity index (χ0n) is 41.6. The molecule has 17 heteroatoms. The van der Waals surface area contributed by atoms with Crippen LogP contribution in [-0.2, 0) is 72.5 Å². The van der Waals surface area contributed by atoms with Gasteiger partial charge in [-0.05, 0) is 142 Å². The van der Waals surface area contributed by atoms with Gasteiger partial charge in [0.1, 0.15) is 0 Å². The minimum atomic E-state index is -3.14. The Kier molecular flexibility index (Phi) is 28.9. The Bertz CT molecular complexity index is 1510. The topological polar surface area (TPSA) is 123 Å². The summed E-state index contributed by atoms with van der Waals surface area (Å²) in [6.07, 6.45) is 5.47. The second-order valence-corrected chi connectivity index (χ2v) is 24.5. The summed E-state index contributed by atoms with van der Waals surface area (Å²) in [4.78, 5) is 5.44. The molecule has 0 heterocycles. The average Bonchev–Trinajstić information content (AvgIpc) is 3.27. The van der Waals surface area contributed by atoms with Gasteiger partial charge in [0.2, 0.25) is 0 Å². The normalized spacial score (nSPS) is 13.3. The SMILES string of the molecule is CCO[Si](/C=C/c1cccc(/C=C/[Si](OCC)(OCC)OCC)c1CN=C(C)c1c(CC[Si](OCC)(OCC)OCC)cccc1CC[Si](OCC)(OCC)OCC)(OCC)OCC. The van der Waals surface area contributed by atoms with E-state index in [1.54, 1.807) is 0 Å². The maximum Gasteiger partial charge on any atom is 0.529 e.